The molecule has 0 saturated heterocycles. The minimum absolute atomic E-state index is 0.0235. The summed E-state index contributed by atoms with van der Waals surface area (Å²) in [7, 11) is 0. The monoisotopic (exact) mass is 400 g/mol. The number of benzene rings is 3. The molecule has 1 heterocycles. The molecule has 0 radical (unpaired) electrons. The number of imide groups is 1. The number of amides is 3. The maximum Gasteiger partial charge on any atom is 0.261 e. The predicted molar refractivity (Wildman–Crippen MR) is 118 cm³/mol. The molecule has 3 amide bonds. The number of hydrogen-bond acceptors (Lipinski definition) is 3. The standard InChI is InChI=1S/C25H24N2O3/c1-17-12-14-19(15-13-17)26-22(28)11-3-2-4-16-27-24(29)20-9-5-7-18-8-6-10-21(23(18)20)25(27)30/h5-10,12-15H,2-4,11,16H2,1H3,(H,26,28). The van der Waals surface area contributed by atoms with Gasteiger partial charge in [0.2, 0.25) is 5.91 Å². The van der Waals surface area contributed by atoms with E-state index in [4.69, 9.17) is 0 Å². The van der Waals surface area contributed by atoms with Crippen molar-refractivity contribution in [1.82, 2.24) is 4.90 Å². The Kier molecular flexibility index (Phi) is 5.61. The van der Waals surface area contributed by atoms with Crippen LogP contribution >= 0.6 is 0 Å². The van der Waals surface area contributed by atoms with Gasteiger partial charge in [-0.05, 0) is 49.4 Å². The quantitative estimate of drug-likeness (QED) is 0.451. The Bertz CT molecular complexity index is 1070. The summed E-state index contributed by atoms with van der Waals surface area (Å²) < 4.78 is 0. The van der Waals surface area contributed by atoms with Gasteiger partial charge in [0.05, 0.1) is 0 Å². The highest BCUT2D eigenvalue weighted by Crippen LogP contribution is 2.30. The number of rotatable bonds is 7. The first kappa shape index (κ1) is 19.8. The Labute approximate surface area is 175 Å². The van der Waals surface area contributed by atoms with Crippen LogP contribution in [0, 0.1) is 6.92 Å². The Hall–Kier alpha value is -3.47. The zero-order valence-corrected chi connectivity index (χ0v) is 17.0. The number of aryl methyl sites for hydroxylation is 1. The normalized spacial score (nSPS) is 13.0. The molecule has 0 spiro atoms. The van der Waals surface area contributed by atoms with Crippen LogP contribution in [0.2, 0.25) is 0 Å². The molecule has 1 N–H and O–H groups in total. The second-order valence-electron chi connectivity index (χ2n) is 7.70. The molecule has 3 aromatic carbocycles. The highest BCUT2D eigenvalue weighted by atomic mass is 16.2. The number of anilines is 1. The van der Waals surface area contributed by atoms with Crippen LogP contribution in [-0.2, 0) is 4.79 Å². The number of carbonyl (C=O) groups is 3. The molecule has 0 aliphatic carbocycles. The lowest BCUT2D eigenvalue weighted by Crippen LogP contribution is -2.40. The van der Waals surface area contributed by atoms with Gasteiger partial charge in [0.1, 0.15) is 0 Å². The molecule has 0 fully saturated rings. The zero-order valence-electron chi connectivity index (χ0n) is 17.0. The summed E-state index contributed by atoms with van der Waals surface area (Å²) >= 11 is 0. The zero-order chi connectivity index (χ0) is 21.1. The Morgan fingerprint density at radius 3 is 2.10 bits per heavy atom. The summed E-state index contributed by atoms with van der Waals surface area (Å²) in [5.41, 5.74) is 3.11. The smallest absolute Gasteiger partial charge is 0.261 e. The Morgan fingerprint density at radius 1 is 0.833 bits per heavy atom. The summed E-state index contributed by atoms with van der Waals surface area (Å²) in [6.45, 7) is 2.37. The summed E-state index contributed by atoms with van der Waals surface area (Å²) in [5.74, 6) is -0.493. The third kappa shape index (κ3) is 3.96. The molecule has 0 atom stereocenters. The van der Waals surface area contributed by atoms with Gasteiger partial charge in [0, 0.05) is 35.2 Å². The average molecular weight is 400 g/mol. The van der Waals surface area contributed by atoms with Crippen molar-refractivity contribution in [3.8, 4) is 0 Å². The SMILES string of the molecule is Cc1ccc(NC(=O)CCCCCN2C(=O)c3cccc4cccc(c34)C2=O)cc1. The average Bonchev–Trinajstić information content (AvgIpc) is 2.75. The van der Waals surface area contributed by atoms with E-state index in [0.717, 1.165) is 28.4 Å². The fourth-order valence-electron chi connectivity index (χ4n) is 3.88. The van der Waals surface area contributed by atoms with E-state index in [-0.39, 0.29) is 17.7 Å². The lowest BCUT2D eigenvalue weighted by Gasteiger charge is -2.27. The van der Waals surface area contributed by atoms with Crippen molar-refractivity contribution in [3.63, 3.8) is 0 Å². The summed E-state index contributed by atoms with van der Waals surface area (Å²) in [6, 6.07) is 18.8. The molecule has 0 aromatic heterocycles. The topological polar surface area (TPSA) is 66.5 Å². The molecule has 1 aliphatic heterocycles. The Balaban J connectivity index is 1.29. The molecule has 0 saturated carbocycles. The fraction of sp³-hybridized carbons (Fsp3) is 0.240. The first-order valence-electron chi connectivity index (χ1n) is 10.3. The molecule has 1 aliphatic rings. The number of unbranched alkanes of at least 4 members (excludes halogenated alkanes) is 2. The van der Waals surface area contributed by atoms with E-state index >= 15 is 0 Å². The summed E-state index contributed by atoms with van der Waals surface area (Å²) in [5, 5.41) is 4.55. The molecule has 5 nitrogen and oxygen atoms in total. The number of nitrogens with one attached hydrogen (secondary N) is 1. The number of carbonyl (C=O) groups excluding carboxylic acids is 3. The molecule has 30 heavy (non-hydrogen) atoms. The largest absolute Gasteiger partial charge is 0.326 e. The molecule has 0 bridgehead atoms. The number of hydrogen-bond donors (Lipinski definition) is 1. The Morgan fingerprint density at radius 2 is 1.47 bits per heavy atom. The third-order valence-electron chi connectivity index (χ3n) is 5.48. The van der Waals surface area contributed by atoms with Crippen molar-refractivity contribution in [2.75, 3.05) is 11.9 Å². The predicted octanol–water partition coefficient (Wildman–Crippen LogP) is 4.94. The van der Waals surface area contributed by atoms with Crippen molar-refractivity contribution in [1.29, 1.82) is 0 Å². The van der Waals surface area contributed by atoms with E-state index in [1.54, 1.807) is 12.1 Å². The first-order chi connectivity index (χ1) is 14.5. The maximum absolute atomic E-state index is 12.9. The molecule has 152 valence electrons. The molecular formula is C25H24N2O3. The minimum atomic E-state index is -0.235. The van der Waals surface area contributed by atoms with Crippen LogP contribution in [0.15, 0.2) is 60.7 Å². The van der Waals surface area contributed by atoms with Crippen LogP contribution in [0.1, 0.15) is 52.0 Å². The van der Waals surface area contributed by atoms with Crippen LogP contribution in [0.3, 0.4) is 0 Å². The second kappa shape index (κ2) is 8.49. The van der Waals surface area contributed by atoms with Crippen LogP contribution in [-0.4, -0.2) is 29.2 Å². The van der Waals surface area contributed by atoms with Crippen molar-refractivity contribution in [2.45, 2.75) is 32.6 Å². The van der Waals surface area contributed by atoms with Gasteiger partial charge >= 0.3 is 0 Å². The van der Waals surface area contributed by atoms with E-state index < -0.39 is 0 Å². The fourth-order valence-corrected chi connectivity index (χ4v) is 3.88. The van der Waals surface area contributed by atoms with Crippen molar-refractivity contribution >= 4 is 34.2 Å². The van der Waals surface area contributed by atoms with Crippen molar-refractivity contribution in [3.05, 3.63) is 77.4 Å². The molecule has 4 rings (SSSR count). The highest BCUT2D eigenvalue weighted by molar-refractivity contribution is 6.25. The minimum Gasteiger partial charge on any atom is -0.326 e. The van der Waals surface area contributed by atoms with Gasteiger partial charge in [-0.25, -0.2) is 0 Å². The van der Waals surface area contributed by atoms with Gasteiger partial charge in [-0.3, -0.25) is 19.3 Å². The van der Waals surface area contributed by atoms with Crippen molar-refractivity contribution in [2.24, 2.45) is 0 Å². The van der Waals surface area contributed by atoms with Crippen LogP contribution in [0.5, 0.6) is 0 Å². The molecular weight excluding hydrogens is 376 g/mol. The van der Waals surface area contributed by atoms with E-state index in [2.05, 4.69) is 5.32 Å². The molecule has 3 aromatic rings. The van der Waals surface area contributed by atoms with Gasteiger partial charge in [-0.2, -0.15) is 0 Å². The van der Waals surface area contributed by atoms with Crippen molar-refractivity contribution < 1.29 is 14.4 Å². The molecule has 5 heteroatoms. The van der Waals surface area contributed by atoms with Crippen LogP contribution in [0.25, 0.3) is 10.8 Å². The van der Waals surface area contributed by atoms with E-state index in [9.17, 15) is 14.4 Å². The first-order valence-corrected chi connectivity index (χ1v) is 10.3. The summed E-state index contributed by atoms with van der Waals surface area (Å²) in [6.07, 6.45) is 2.57. The summed E-state index contributed by atoms with van der Waals surface area (Å²) in [4.78, 5) is 39.1. The van der Waals surface area contributed by atoms with Gasteiger partial charge < -0.3 is 5.32 Å². The number of nitrogens with zero attached hydrogens (tertiary/aromatic N) is 1. The van der Waals surface area contributed by atoms with Gasteiger partial charge in [0.15, 0.2) is 0 Å². The van der Waals surface area contributed by atoms with E-state index in [1.165, 1.54) is 4.90 Å². The molecule has 0 unspecified atom stereocenters. The van der Waals surface area contributed by atoms with E-state index in [1.807, 2.05) is 55.5 Å². The lowest BCUT2D eigenvalue weighted by atomic mass is 9.94. The highest BCUT2D eigenvalue weighted by Gasteiger charge is 2.31. The lowest BCUT2D eigenvalue weighted by molar-refractivity contribution is -0.116. The van der Waals surface area contributed by atoms with Gasteiger partial charge in [-0.1, -0.05) is 48.4 Å². The second-order valence-corrected chi connectivity index (χ2v) is 7.70. The van der Waals surface area contributed by atoms with Gasteiger partial charge in [-0.15, -0.1) is 0 Å². The van der Waals surface area contributed by atoms with Gasteiger partial charge in [0.25, 0.3) is 11.8 Å². The third-order valence-corrected chi connectivity index (χ3v) is 5.48. The maximum atomic E-state index is 12.9. The van der Waals surface area contributed by atoms with Crippen LogP contribution < -0.4 is 5.32 Å². The van der Waals surface area contributed by atoms with Crippen LogP contribution in [0.4, 0.5) is 5.69 Å². The van der Waals surface area contributed by atoms with E-state index in [0.29, 0.717) is 36.9 Å².